The fourth-order valence-corrected chi connectivity index (χ4v) is 5.33. The van der Waals surface area contributed by atoms with Crippen LogP contribution < -0.4 is 16.0 Å². The van der Waals surface area contributed by atoms with Crippen molar-refractivity contribution in [1.29, 1.82) is 0 Å². The van der Waals surface area contributed by atoms with Crippen molar-refractivity contribution in [2.24, 2.45) is 7.05 Å². The van der Waals surface area contributed by atoms with Crippen LogP contribution in [0.3, 0.4) is 0 Å². The van der Waals surface area contributed by atoms with Gasteiger partial charge in [-0.15, -0.1) is 0 Å². The number of nitrogens with one attached hydrogen (secondary N) is 3. The predicted octanol–water partition coefficient (Wildman–Crippen LogP) is 4.88. The normalized spacial score (nSPS) is 14.7. The topological polar surface area (TPSA) is 112 Å². The lowest BCUT2D eigenvalue weighted by atomic mass is 10.0. The van der Waals surface area contributed by atoms with Crippen LogP contribution in [-0.2, 0) is 30.1 Å². The number of nitrogens with zero attached hydrogens (tertiary/aromatic N) is 4. The van der Waals surface area contributed by atoms with Crippen LogP contribution in [0.1, 0.15) is 52.6 Å². The van der Waals surface area contributed by atoms with Gasteiger partial charge in [-0.05, 0) is 57.8 Å². The molecule has 1 atom stereocenters. The Labute approximate surface area is 247 Å². The molecule has 0 unspecified atom stereocenters. The summed E-state index contributed by atoms with van der Waals surface area (Å²) in [7, 11) is 5.47. The number of hydrogen-bond acceptors (Lipinski definition) is 5. The van der Waals surface area contributed by atoms with Crippen molar-refractivity contribution in [3.63, 3.8) is 0 Å². The van der Waals surface area contributed by atoms with Gasteiger partial charge in [0.2, 0.25) is 5.91 Å². The molecule has 0 bridgehead atoms. The van der Waals surface area contributed by atoms with Gasteiger partial charge < -0.3 is 25.8 Å². The van der Waals surface area contributed by atoms with E-state index in [2.05, 4.69) is 27.6 Å². The van der Waals surface area contributed by atoms with E-state index in [1.54, 1.807) is 11.9 Å². The number of urea groups is 1. The summed E-state index contributed by atoms with van der Waals surface area (Å²) < 4.78 is 43.3. The molecule has 4 rings (SSSR count). The lowest BCUT2D eigenvalue weighted by Crippen LogP contribution is -2.49. The minimum absolute atomic E-state index is 0.0518. The van der Waals surface area contributed by atoms with Gasteiger partial charge in [0.1, 0.15) is 0 Å². The number of aryl methyl sites for hydroxylation is 1. The van der Waals surface area contributed by atoms with Gasteiger partial charge in [-0.25, -0.2) is 4.79 Å². The number of carbonyl (C=O) groups is 3. The Morgan fingerprint density at radius 1 is 1.12 bits per heavy atom. The first-order chi connectivity index (χ1) is 20.1. The quantitative estimate of drug-likeness (QED) is 0.321. The first-order valence-corrected chi connectivity index (χ1v) is 13.4. The number of hydrogen-bond donors (Lipinski definition) is 3. The second-order valence-corrected chi connectivity index (χ2v) is 11.0. The van der Waals surface area contributed by atoms with E-state index in [0.29, 0.717) is 23.9 Å². The average molecular weight is 598 g/mol. The Morgan fingerprint density at radius 3 is 2.40 bits per heavy atom. The number of benzene rings is 2. The molecule has 43 heavy (non-hydrogen) atoms. The highest BCUT2D eigenvalue weighted by Crippen LogP contribution is 2.42. The Bertz CT molecular complexity index is 1550. The number of aromatic nitrogens is 2. The first-order valence-electron chi connectivity index (χ1n) is 13.4. The van der Waals surface area contributed by atoms with Gasteiger partial charge in [0.05, 0.1) is 34.9 Å². The SMILES string of the molecule is C=CC(=O)Nc1ccc(C(=O)Nc2nn(C)c3c2CN(C(=O)N[C@H](CN(C)C)c2ccccc2)C3(C)C)c(C(F)(F)F)c1. The minimum Gasteiger partial charge on any atom is -0.330 e. The number of amides is 4. The first kappa shape index (κ1) is 31.3. The molecule has 13 heteroatoms. The summed E-state index contributed by atoms with van der Waals surface area (Å²) in [6, 6.07) is 11.8. The van der Waals surface area contributed by atoms with Gasteiger partial charge in [0.15, 0.2) is 5.82 Å². The maximum Gasteiger partial charge on any atom is 0.417 e. The van der Waals surface area contributed by atoms with Crippen LogP contribution in [0, 0.1) is 0 Å². The van der Waals surface area contributed by atoms with Crippen molar-refractivity contribution in [3.8, 4) is 0 Å². The Balaban J connectivity index is 1.60. The number of rotatable bonds is 8. The second kappa shape index (κ2) is 11.9. The molecule has 0 aliphatic carbocycles. The van der Waals surface area contributed by atoms with E-state index >= 15 is 0 Å². The summed E-state index contributed by atoms with van der Waals surface area (Å²) in [4.78, 5) is 42.0. The van der Waals surface area contributed by atoms with Crippen molar-refractivity contribution in [2.75, 3.05) is 31.3 Å². The summed E-state index contributed by atoms with van der Waals surface area (Å²) >= 11 is 0. The standard InChI is InChI=1S/C30H34F3N7O3/c1-7-24(41)34-19-13-14-20(22(15-19)30(31,32)33)27(42)36-26-21-16-40(29(2,3)25(21)39(6)37-26)28(43)35-23(17-38(4)5)18-11-9-8-10-12-18/h7-15,23H,1,16-17H2,2-6H3,(H,34,41)(H,35,43)(H,36,37,42)/t23-/m1/s1. The Morgan fingerprint density at radius 2 is 1.79 bits per heavy atom. The van der Waals surface area contributed by atoms with Crippen LogP contribution in [0.15, 0.2) is 61.2 Å². The van der Waals surface area contributed by atoms with Gasteiger partial charge in [0, 0.05) is 24.8 Å². The van der Waals surface area contributed by atoms with Gasteiger partial charge in [0.25, 0.3) is 5.91 Å². The maximum absolute atomic E-state index is 13.9. The molecule has 0 spiro atoms. The Hall–Kier alpha value is -4.65. The highest BCUT2D eigenvalue weighted by molar-refractivity contribution is 6.06. The summed E-state index contributed by atoms with van der Waals surface area (Å²) in [5.74, 6) is -1.68. The molecule has 0 fully saturated rings. The van der Waals surface area contributed by atoms with E-state index in [-0.39, 0.29) is 30.1 Å². The molecule has 3 N–H and O–H groups in total. The lowest BCUT2D eigenvalue weighted by Gasteiger charge is -2.34. The lowest BCUT2D eigenvalue weighted by molar-refractivity contribution is -0.137. The predicted molar refractivity (Wildman–Crippen MR) is 156 cm³/mol. The minimum atomic E-state index is -4.88. The highest BCUT2D eigenvalue weighted by atomic mass is 19.4. The number of fused-ring (bicyclic) bond motifs is 1. The van der Waals surface area contributed by atoms with Crippen LogP contribution in [0.25, 0.3) is 0 Å². The molecular formula is C30H34F3N7O3. The van der Waals surface area contributed by atoms with Crippen LogP contribution >= 0.6 is 0 Å². The van der Waals surface area contributed by atoms with Crippen LogP contribution in [-0.4, -0.2) is 58.1 Å². The van der Waals surface area contributed by atoms with Crippen molar-refractivity contribution < 1.29 is 27.6 Å². The Kier molecular flexibility index (Phi) is 8.67. The monoisotopic (exact) mass is 597 g/mol. The number of alkyl halides is 3. The number of likely N-dealkylation sites (N-methyl/N-ethyl adjacent to an activating group) is 1. The second-order valence-electron chi connectivity index (χ2n) is 11.0. The number of halogens is 3. The van der Waals surface area contributed by atoms with Crippen LogP contribution in [0.2, 0.25) is 0 Å². The van der Waals surface area contributed by atoms with Crippen molar-refractivity contribution in [1.82, 2.24) is 24.9 Å². The van der Waals surface area contributed by atoms with Gasteiger partial charge in [-0.2, -0.15) is 18.3 Å². The fraction of sp³-hybridized carbons (Fsp3) is 0.333. The molecule has 4 amide bonds. The molecular weight excluding hydrogens is 563 g/mol. The molecule has 1 aliphatic rings. The zero-order chi connectivity index (χ0) is 31.7. The van der Waals surface area contributed by atoms with E-state index in [1.807, 2.05) is 63.2 Å². The number of anilines is 2. The van der Waals surface area contributed by atoms with Gasteiger partial charge in [-0.1, -0.05) is 36.9 Å². The van der Waals surface area contributed by atoms with E-state index in [4.69, 9.17) is 0 Å². The smallest absolute Gasteiger partial charge is 0.330 e. The molecule has 1 aromatic heterocycles. The largest absolute Gasteiger partial charge is 0.417 e. The average Bonchev–Trinajstić information content (AvgIpc) is 3.40. The van der Waals surface area contributed by atoms with Crippen LogP contribution in [0.4, 0.5) is 29.5 Å². The zero-order valence-corrected chi connectivity index (χ0v) is 24.5. The molecule has 2 aromatic carbocycles. The fourth-order valence-electron chi connectivity index (χ4n) is 5.33. The third-order valence-electron chi connectivity index (χ3n) is 7.26. The maximum atomic E-state index is 13.9. The van der Waals surface area contributed by atoms with E-state index in [9.17, 15) is 27.6 Å². The molecule has 2 heterocycles. The van der Waals surface area contributed by atoms with Crippen molar-refractivity contribution in [2.45, 2.75) is 38.1 Å². The van der Waals surface area contributed by atoms with Crippen molar-refractivity contribution in [3.05, 3.63) is 89.1 Å². The van der Waals surface area contributed by atoms with Crippen molar-refractivity contribution >= 4 is 29.4 Å². The highest BCUT2D eigenvalue weighted by Gasteiger charge is 2.46. The third kappa shape index (κ3) is 6.56. The zero-order valence-electron chi connectivity index (χ0n) is 24.5. The molecule has 0 saturated heterocycles. The molecule has 0 radical (unpaired) electrons. The summed E-state index contributed by atoms with van der Waals surface area (Å²) in [5.41, 5.74) is -0.781. The van der Waals surface area contributed by atoms with Gasteiger partial charge in [-0.3, -0.25) is 14.3 Å². The number of carbonyl (C=O) groups excluding carboxylic acids is 3. The van der Waals surface area contributed by atoms with Crippen LogP contribution in [0.5, 0.6) is 0 Å². The summed E-state index contributed by atoms with van der Waals surface area (Å²) in [6.45, 7) is 7.58. The van der Waals surface area contributed by atoms with E-state index < -0.39 is 34.7 Å². The van der Waals surface area contributed by atoms with E-state index in [0.717, 1.165) is 17.7 Å². The summed E-state index contributed by atoms with van der Waals surface area (Å²) in [6.07, 6.45) is -3.96. The molecule has 3 aromatic rings. The molecule has 228 valence electrons. The summed E-state index contributed by atoms with van der Waals surface area (Å²) in [5, 5.41) is 12.3. The molecule has 0 saturated carbocycles. The van der Waals surface area contributed by atoms with E-state index in [1.165, 1.54) is 10.7 Å². The third-order valence-corrected chi connectivity index (χ3v) is 7.26. The van der Waals surface area contributed by atoms with Gasteiger partial charge >= 0.3 is 12.2 Å². The molecule has 10 nitrogen and oxygen atoms in total. The molecule has 1 aliphatic heterocycles.